The summed E-state index contributed by atoms with van der Waals surface area (Å²) in [7, 11) is -3.53. The number of hydrogen-bond donors (Lipinski definition) is 1. The Morgan fingerprint density at radius 2 is 2.03 bits per heavy atom. The number of thiazole rings is 1. The van der Waals surface area contributed by atoms with Crippen LogP contribution in [0.4, 0.5) is 10.8 Å². The molecule has 0 unspecified atom stereocenters. The summed E-state index contributed by atoms with van der Waals surface area (Å²) in [6.07, 6.45) is 2.08. The molecule has 3 aromatic rings. The minimum Gasteiger partial charge on any atom is -0.482 e. The fraction of sp³-hybridized carbons (Fsp3) is 0.182. The molecule has 0 radical (unpaired) electrons. The van der Waals surface area contributed by atoms with Gasteiger partial charge >= 0.3 is 0 Å². The summed E-state index contributed by atoms with van der Waals surface area (Å²) in [5.41, 5.74) is 2.98. The number of ether oxygens (including phenoxy) is 1. The smallest absolute Gasteiger partial charge is 0.265 e. The Kier molecular flexibility index (Phi) is 6.06. The van der Waals surface area contributed by atoms with Crippen molar-refractivity contribution in [3.8, 4) is 17.0 Å². The van der Waals surface area contributed by atoms with E-state index in [-0.39, 0.29) is 18.3 Å². The van der Waals surface area contributed by atoms with Crippen LogP contribution >= 0.6 is 11.3 Å². The molecule has 0 fully saturated rings. The van der Waals surface area contributed by atoms with E-state index in [1.165, 1.54) is 11.3 Å². The van der Waals surface area contributed by atoms with Crippen molar-refractivity contribution < 1.29 is 17.9 Å². The van der Waals surface area contributed by atoms with Gasteiger partial charge in [0.05, 0.1) is 17.1 Å². The van der Waals surface area contributed by atoms with E-state index in [0.717, 1.165) is 11.1 Å². The zero-order valence-corrected chi connectivity index (χ0v) is 18.3. The normalized spacial score (nSPS) is 13.4. The molecular weight excluding hydrogens is 434 g/mol. The van der Waals surface area contributed by atoms with Crippen molar-refractivity contribution in [1.29, 1.82) is 0 Å². The predicted octanol–water partition coefficient (Wildman–Crippen LogP) is 3.71. The van der Waals surface area contributed by atoms with Crippen LogP contribution in [-0.4, -0.2) is 38.2 Å². The van der Waals surface area contributed by atoms with Crippen LogP contribution in [0.25, 0.3) is 11.3 Å². The molecule has 31 heavy (non-hydrogen) atoms. The summed E-state index contributed by atoms with van der Waals surface area (Å²) in [5.74, 6) is 0.442. The number of carbonyl (C=O) groups excluding carboxylic acids is 1. The standard InChI is InChI=1S/C22H21N3O4S2/c1-2-11-25-19-13-17(8-9-20(19)29-14-21(25)26)18-15-30-22(23-18)24-31(27,28)12-10-16-6-4-3-5-7-16/h2-9,13,15H,1,10-12,14H2,(H,23,24). The summed E-state index contributed by atoms with van der Waals surface area (Å²) in [6, 6.07) is 14.9. The number of fused-ring (bicyclic) bond motifs is 1. The van der Waals surface area contributed by atoms with Gasteiger partial charge in [0.25, 0.3) is 5.91 Å². The minimum absolute atomic E-state index is 0.00814. The summed E-state index contributed by atoms with van der Waals surface area (Å²) in [5, 5.41) is 2.08. The molecular formula is C22H21N3O4S2. The maximum absolute atomic E-state index is 12.4. The second-order valence-corrected chi connectivity index (χ2v) is 9.66. The lowest BCUT2D eigenvalue weighted by molar-refractivity contribution is -0.121. The van der Waals surface area contributed by atoms with Gasteiger partial charge in [0.1, 0.15) is 5.75 Å². The van der Waals surface area contributed by atoms with Gasteiger partial charge in [-0.15, -0.1) is 17.9 Å². The number of aromatic nitrogens is 1. The Morgan fingerprint density at radius 1 is 1.23 bits per heavy atom. The third-order valence-electron chi connectivity index (χ3n) is 4.76. The number of aryl methyl sites for hydroxylation is 1. The Balaban J connectivity index is 1.50. The Hall–Kier alpha value is -3.17. The van der Waals surface area contributed by atoms with Gasteiger partial charge in [-0.05, 0) is 30.2 Å². The summed E-state index contributed by atoms with van der Waals surface area (Å²) < 4.78 is 33.0. The third-order valence-corrected chi connectivity index (χ3v) is 6.89. The zero-order chi connectivity index (χ0) is 21.8. The van der Waals surface area contributed by atoms with Crippen LogP contribution < -0.4 is 14.4 Å². The first-order valence-corrected chi connectivity index (χ1v) is 12.2. The second-order valence-electron chi connectivity index (χ2n) is 6.96. The fourth-order valence-electron chi connectivity index (χ4n) is 3.22. The molecule has 160 valence electrons. The van der Waals surface area contributed by atoms with Gasteiger partial charge in [-0.3, -0.25) is 9.52 Å². The van der Waals surface area contributed by atoms with E-state index in [1.807, 2.05) is 42.5 Å². The van der Waals surface area contributed by atoms with E-state index < -0.39 is 10.0 Å². The molecule has 0 bridgehead atoms. The van der Waals surface area contributed by atoms with Crippen LogP contribution in [0, 0.1) is 0 Å². The van der Waals surface area contributed by atoms with Crippen molar-refractivity contribution >= 4 is 38.1 Å². The number of nitrogens with zero attached hydrogens (tertiary/aromatic N) is 2. The number of rotatable bonds is 8. The largest absolute Gasteiger partial charge is 0.482 e. The van der Waals surface area contributed by atoms with E-state index in [9.17, 15) is 13.2 Å². The molecule has 1 aromatic heterocycles. The van der Waals surface area contributed by atoms with Crippen molar-refractivity contribution in [2.24, 2.45) is 0 Å². The Morgan fingerprint density at radius 3 is 2.81 bits per heavy atom. The summed E-state index contributed by atoms with van der Waals surface area (Å²) in [4.78, 5) is 18.2. The first-order chi connectivity index (χ1) is 14.9. The number of carbonyl (C=O) groups is 1. The number of nitrogens with one attached hydrogen (secondary N) is 1. The zero-order valence-electron chi connectivity index (χ0n) is 16.7. The van der Waals surface area contributed by atoms with Crippen LogP contribution in [0.3, 0.4) is 0 Å². The molecule has 9 heteroatoms. The Labute approximate surface area is 185 Å². The van der Waals surface area contributed by atoms with Gasteiger partial charge in [0, 0.05) is 17.5 Å². The molecule has 1 aliphatic heterocycles. The van der Waals surface area contributed by atoms with Crippen molar-refractivity contribution in [2.45, 2.75) is 6.42 Å². The van der Waals surface area contributed by atoms with Gasteiger partial charge in [0.15, 0.2) is 11.7 Å². The highest BCUT2D eigenvalue weighted by molar-refractivity contribution is 7.92. The molecule has 2 aromatic carbocycles. The quantitative estimate of drug-likeness (QED) is 0.523. The number of hydrogen-bond acceptors (Lipinski definition) is 6. The van der Waals surface area contributed by atoms with Gasteiger partial charge < -0.3 is 9.64 Å². The molecule has 1 aliphatic rings. The number of anilines is 2. The van der Waals surface area contributed by atoms with E-state index in [0.29, 0.717) is 35.2 Å². The number of sulfonamides is 1. The highest BCUT2D eigenvalue weighted by atomic mass is 32.2. The van der Waals surface area contributed by atoms with Crippen molar-refractivity contribution in [3.63, 3.8) is 0 Å². The van der Waals surface area contributed by atoms with Crippen LogP contribution in [0.1, 0.15) is 5.56 Å². The predicted molar refractivity (Wildman–Crippen MR) is 123 cm³/mol. The fourth-order valence-corrected chi connectivity index (χ4v) is 5.28. The van der Waals surface area contributed by atoms with Crippen molar-refractivity contribution in [3.05, 3.63) is 72.1 Å². The second kappa shape index (κ2) is 8.91. The molecule has 0 atom stereocenters. The lowest BCUT2D eigenvalue weighted by Gasteiger charge is -2.28. The van der Waals surface area contributed by atoms with Gasteiger partial charge in [-0.1, -0.05) is 36.4 Å². The van der Waals surface area contributed by atoms with Gasteiger partial charge in [-0.2, -0.15) is 0 Å². The number of benzene rings is 2. The van der Waals surface area contributed by atoms with Crippen LogP contribution in [0.5, 0.6) is 5.75 Å². The van der Waals surface area contributed by atoms with Crippen molar-refractivity contribution in [2.75, 3.05) is 28.5 Å². The molecule has 4 rings (SSSR count). The van der Waals surface area contributed by atoms with E-state index in [1.54, 1.807) is 22.4 Å². The highest BCUT2D eigenvalue weighted by Crippen LogP contribution is 2.36. The molecule has 7 nitrogen and oxygen atoms in total. The Bertz CT molecular complexity index is 1210. The third kappa shape index (κ3) is 4.95. The van der Waals surface area contributed by atoms with E-state index in [4.69, 9.17) is 4.74 Å². The van der Waals surface area contributed by atoms with Gasteiger partial charge in [-0.25, -0.2) is 13.4 Å². The van der Waals surface area contributed by atoms with E-state index in [2.05, 4.69) is 16.3 Å². The monoisotopic (exact) mass is 455 g/mol. The first kappa shape index (κ1) is 21.1. The first-order valence-electron chi connectivity index (χ1n) is 9.63. The molecule has 2 heterocycles. The molecule has 0 spiro atoms. The SMILES string of the molecule is C=CCN1C(=O)COc2ccc(-c3csc(NS(=O)(=O)CCc4ccccc4)n3)cc21. The molecule has 1 N–H and O–H groups in total. The average molecular weight is 456 g/mol. The number of amides is 1. The molecule has 1 amide bonds. The molecule has 0 saturated heterocycles. The average Bonchev–Trinajstić information content (AvgIpc) is 3.22. The van der Waals surface area contributed by atoms with Crippen LogP contribution in [-0.2, 0) is 21.2 Å². The maximum atomic E-state index is 12.4. The highest BCUT2D eigenvalue weighted by Gasteiger charge is 2.25. The van der Waals surface area contributed by atoms with Crippen LogP contribution in [0.2, 0.25) is 0 Å². The van der Waals surface area contributed by atoms with Gasteiger partial charge in [0.2, 0.25) is 10.0 Å². The lowest BCUT2D eigenvalue weighted by Crippen LogP contribution is -2.38. The topological polar surface area (TPSA) is 88.6 Å². The van der Waals surface area contributed by atoms with Crippen molar-refractivity contribution in [1.82, 2.24) is 4.98 Å². The molecule has 0 saturated carbocycles. The maximum Gasteiger partial charge on any atom is 0.265 e. The summed E-state index contributed by atoms with van der Waals surface area (Å²) in [6.45, 7) is 4.07. The minimum atomic E-state index is -3.53. The molecule has 0 aliphatic carbocycles. The van der Waals surface area contributed by atoms with Crippen LogP contribution in [0.15, 0.2) is 66.6 Å². The van der Waals surface area contributed by atoms with E-state index >= 15 is 0 Å². The lowest BCUT2D eigenvalue weighted by atomic mass is 10.1. The summed E-state index contributed by atoms with van der Waals surface area (Å²) >= 11 is 1.21.